The van der Waals surface area contributed by atoms with Crippen LogP contribution in [-0.2, 0) is 16.1 Å². The zero-order valence-electron chi connectivity index (χ0n) is 13.8. The lowest BCUT2D eigenvalue weighted by Gasteiger charge is -2.16. The maximum absolute atomic E-state index is 12.6. The number of nitrogens with one attached hydrogen (secondary N) is 1. The van der Waals surface area contributed by atoms with Crippen molar-refractivity contribution in [3.05, 3.63) is 76.0 Å². The van der Waals surface area contributed by atoms with Crippen LogP contribution in [0.5, 0.6) is 0 Å². The molecule has 2 aromatic rings. The van der Waals surface area contributed by atoms with Gasteiger partial charge in [-0.2, -0.15) is 0 Å². The Balaban J connectivity index is 1.87. The van der Waals surface area contributed by atoms with Gasteiger partial charge in [-0.25, -0.2) is 0 Å². The number of benzene rings is 2. The molecule has 1 heterocycles. The van der Waals surface area contributed by atoms with E-state index < -0.39 is 17.8 Å². The van der Waals surface area contributed by atoms with E-state index in [1.54, 1.807) is 25.1 Å². The Hall–Kier alpha value is -3.12. The number of nitrogens with zero attached hydrogens (tertiary/aromatic N) is 1. The molecule has 26 heavy (non-hydrogen) atoms. The molecule has 1 aliphatic rings. The van der Waals surface area contributed by atoms with E-state index in [-0.39, 0.29) is 22.8 Å². The van der Waals surface area contributed by atoms with E-state index in [1.165, 1.54) is 12.1 Å². The van der Waals surface area contributed by atoms with Gasteiger partial charge in [0.05, 0.1) is 12.5 Å². The fourth-order valence-electron chi connectivity index (χ4n) is 2.58. The molecular formula is C19H14ClN2O4-. The third-order valence-electron chi connectivity index (χ3n) is 4.03. The van der Waals surface area contributed by atoms with Gasteiger partial charge >= 0.3 is 0 Å². The monoisotopic (exact) mass is 369 g/mol. The fourth-order valence-corrected chi connectivity index (χ4v) is 2.81. The van der Waals surface area contributed by atoms with E-state index in [4.69, 9.17) is 11.6 Å². The number of rotatable bonds is 5. The average molecular weight is 370 g/mol. The summed E-state index contributed by atoms with van der Waals surface area (Å²) in [6.07, 6.45) is 0. The van der Waals surface area contributed by atoms with Gasteiger partial charge in [-0.15, -0.1) is 0 Å². The quantitative estimate of drug-likeness (QED) is 0.811. The number of aromatic carboxylic acids is 1. The molecule has 0 spiro atoms. The van der Waals surface area contributed by atoms with Crippen LogP contribution in [0.4, 0.5) is 5.69 Å². The molecule has 0 bridgehead atoms. The van der Waals surface area contributed by atoms with Gasteiger partial charge in [0.1, 0.15) is 10.7 Å². The second-order valence-corrected chi connectivity index (χ2v) is 6.19. The van der Waals surface area contributed by atoms with E-state index in [0.717, 1.165) is 10.5 Å². The molecule has 132 valence electrons. The summed E-state index contributed by atoms with van der Waals surface area (Å²) in [6.45, 7) is 1.83. The Morgan fingerprint density at radius 1 is 1.12 bits per heavy atom. The van der Waals surface area contributed by atoms with E-state index in [1.807, 2.05) is 18.2 Å². The van der Waals surface area contributed by atoms with Gasteiger partial charge in [-0.1, -0.05) is 54.1 Å². The molecule has 3 rings (SSSR count). The zero-order chi connectivity index (χ0) is 18.8. The van der Waals surface area contributed by atoms with Crippen LogP contribution in [0.2, 0.25) is 0 Å². The summed E-state index contributed by atoms with van der Waals surface area (Å²) >= 11 is 6.07. The van der Waals surface area contributed by atoms with E-state index in [2.05, 4.69) is 5.32 Å². The molecular weight excluding hydrogens is 356 g/mol. The second-order valence-electron chi connectivity index (χ2n) is 5.81. The number of imide groups is 1. The van der Waals surface area contributed by atoms with Crippen LogP contribution in [-0.4, -0.2) is 22.7 Å². The number of anilines is 1. The van der Waals surface area contributed by atoms with Crippen molar-refractivity contribution in [1.29, 1.82) is 0 Å². The predicted molar refractivity (Wildman–Crippen MR) is 94.0 cm³/mol. The van der Waals surface area contributed by atoms with Crippen molar-refractivity contribution in [3.63, 3.8) is 0 Å². The highest BCUT2D eigenvalue weighted by atomic mass is 35.5. The molecule has 0 unspecified atom stereocenters. The summed E-state index contributed by atoms with van der Waals surface area (Å²) in [6, 6.07) is 13.4. The van der Waals surface area contributed by atoms with Gasteiger partial charge in [0.2, 0.25) is 0 Å². The molecule has 0 saturated heterocycles. The van der Waals surface area contributed by atoms with Gasteiger partial charge in [-0.3, -0.25) is 14.5 Å². The predicted octanol–water partition coefficient (Wildman–Crippen LogP) is 1.79. The number of aryl methyl sites for hydroxylation is 1. The van der Waals surface area contributed by atoms with E-state index >= 15 is 0 Å². The average Bonchev–Trinajstić information content (AvgIpc) is 2.82. The molecule has 0 fully saturated rings. The molecule has 0 saturated carbocycles. The van der Waals surface area contributed by atoms with Gasteiger partial charge in [-0.05, 0) is 29.7 Å². The molecule has 1 aliphatic heterocycles. The number of hydrogen-bond acceptors (Lipinski definition) is 5. The Kier molecular flexibility index (Phi) is 4.77. The molecule has 2 amide bonds. The number of halogens is 1. The maximum Gasteiger partial charge on any atom is 0.279 e. The maximum atomic E-state index is 12.6. The van der Waals surface area contributed by atoms with Gasteiger partial charge in [0.25, 0.3) is 11.8 Å². The van der Waals surface area contributed by atoms with Crippen LogP contribution in [0.15, 0.2) is 59.3 Å². The summed E-state index contributed by atoms with van der Waals surface area (Å²) in [4.78, 5) is 37.1. The SMILES string of the molecule is Cc1ccc(C(=O)[O-])cc1NC1=C(Cl)C(=O)N(Cc2ccccc2)C1=O. The van der Waals surface area contributed by atoms with Crippen molar-refractivity contribution < 1.29 is 19.5 Å². The number of carboxylic acid groups (broad SMARTS) is 1. The van der Waals surface area contributed by atoms with Crippen molar-refractivity contribution in [2.75, 3.05) is 5.32 Å². The Morgan fingerprint density at radius 2 is 1.81 bits per heavy atom. The summed E-state index contributed by atoms with van der Waals surface area (Å²) in [7, 11) is 0. The summed E-state index contributed by atoms with van der Waals surface area (Å²) in [5.74, 6) is -2.51. The number of hydrogen-bond donors (Lipinski definition) is 1. The smallest absolute Gasteiger partial charge is 0.279 e. The highest BCUT2D eigenvalue weighted by Gasteiger charge is 2.37. The van der Waals surface area contributed by atoms with Crippen molar-refractivity contribution in [1.82, 2.24) is 4.90 Å². The molecule has 2 aromatic carbocycles. The lowest BCUT2D eigenvalue weighted by molar-refractivity contribution is -0.255. The molecule has 7 heteroatoms. The second kappa shape index (κ2) is 7.01. The largest absolute Gasteiger partial charge is 0.545 e. The first kappa shape index (κ1) is 17.7. The number of carbonyl (C=O) groups is 3. The summed E-state index contributed by atoms with van der Waals surface area (Å²) < 4.78 is 0. The summed E-state index contributed by atoms with van der Waals surface area (Å²) in [5, 5.41) is 13.6. The zero-order valence-corrected chi connectivity index (χ0v) is 14.5. The van der Waals surface area contributed by atoms with Crippen LogP contribution < -0.4 is 10.4 Å². The van der Waals surface area contributed by atoms with Gasteiger partial charge < -0.3 is 15.2 Å². The van der Waals surface area contributed by atoms with Crippen LogP contribution >= 0.6 is 11.6 Å². The summed E-state index contributed by atoms with van der Waals surface area (Å²) in [5.41, 5.74) is 1.71. The normalized spacial score (nSPS) is 14.2. The molecule has 0 atom stereocenters. The number of amides is 2. The van der Waals surface area contributed by atoms with Gasteiger partial charge in [0.15, 0.2) is 0 Å². The Morgan fingerprint density at radius 3 is 2.46 bits per heavy atom. The first-order valence-electron chi connectivity index (χ1n) is 7.77. The Labute approximate surface area is 154 Å². The first-order valence-corrected chi connectivity index (χ1v) is 8.15. The van der Waals surface area contributed by atoms with Crippen LogP contribution in [0, 0.1) is 6.92 Å². The van der Waals surface area contributed by atoms with E-state index in [0.29, 0.717) is 11.3 Å². The number of carboxylic acids is 1. The minimum absolute atomic E-state index is 0.0484. The standard InChI is InChI=1S/C19H15ClN2O4/c1-11-7-8-13(19(25)26)9-14(11)21-16-15(20)17(23)22(18(16)24)10-12-5-3-2-4-6-12/h2-9,21H,10H2,1H3,(H,25,26)/p-1. The van der Waals surface area contributed by atoms with Crippen LogP contribution in [0.25, 0.3) is 0 Å². The first-order chi connectivity index (χ1) is 12.4. The van der Waals surface area contributed by atoms with Crippen molar-refractivity contribution in [3.8, 4) is 0 Å². The highest BCUT2D eigenvalue weighted by molar-refractivity contribution is 6.48. The third kappa shape index (κ3) is 3.32. The van der Waals surface area contributed by atoms with Crippen LogP contribution in [0.3, 0.4) is 0 Å². The Bertz CT molecular complexity index is 938. The van der Waals surface area contributed by atoms with Crippen molar-refractivity contribution in [2.45, 2.75) is 13.5 Å². The molecule has 1 N–H and O–H groups in total. The lowest BCUT2D eigenvalue weighted by Crippen LogP contribution is -2.31. The van der Waals surface area contributed by atoms with Crippen molar-refractivity contribution in [2.24, 2.45) is 0 Å². The fraction of sp³-hybridized carbons (Fsp3) is 0.105. The topological polar surface area (TPSA) is 89.5 Å². The molecule has 0 aliphatic carbocycles. The van der Waals surface area contributed by atoms with Crippen LogP contribution in [0.1, 0.15) is 21.5 Å². The third-order valence-corrected chi connectivity index (χ3v) is 4.38. The van der Waals surface area contributed by atoms with E-state index in [9.17, 15) is 19.5 Å². The minimum atomic E-state index is -1.34. The molecule has 6 nitrogen and oxygen atoms in total. The van der Waals surface area contributed by atoms with Gasteiger partial charge in [0, 0.05) is 5.69 Å². The highest BCUT2D eigenvalue weighted by Crippen LogP contribution is 2.28. The number of carbonyl (C=O) groups excluding carboxylic acids is 3. The van der Waals surface area contributed by atoms with Crippen molar-refractivity contribution >= 4 is 35.1 Å². The molecule has 0 radical (unpaired) electrons. The molecule has 0 aromatic heterocycles. The minimum Gasteiger partial charge on any atom is -0.545 e. The lowest BCUT2D eigenvalue weighted by atomic mass is 10.1.